The molecule has 1 aliphatic carbocycles. The standard InChI is InChI=1S/C20H31N3O2/c21-18-14-17(15-19(18)24)20(25)23-11-5-10-22(12-13-23)9-4-8-16-6-2-1-3-7-16/h1-3,6-7,17-19,24H,4-5,8-15,21H2/t17-,18+,19+/m0/s1. The van der Waals surface area contributed by atoms with Gasteiger partial charge in [0.25, 0.3) is 0 Å². The summed E-state index contributed by atoms with van der Waals surface area (Å²) in [6.07, 6.45) is 3.92. The number of carbonyl (C=O) groups is 1. The van der Waals surface area contributed by atoms with Crippen LogP contribution < -0.4 is 5.73 Å². The van der Waals surface area contributed by atoms with Crippen molar-refractivity contribution in [3.05, 3.63) is 35.9 Å². The molecule has 1 aromatic rings. The Labute approximate surface area is 150 Å². The van der Waals surface area contributed by atoms with Gasteiger partial charge in [-0.2, -0.15) is 0 Å². The molecule has 1 aromatic carbocycles. The molecule has 2 aliphatic rings. The van der Waals surface area contributed by atoms with Crippen LogP contribution in [-0.4, -0.2) is 65.7 Å². The third-order valence-corrected chi connectivity index (χ3v) is 5.61. The molecule has 0 aromatic heterocycles. The highest BCUT2D eigenvalue weighted by molar-refractivity contribution is 5.79. The molecule has 3 rings (SSSR count). The summed E-state index contributed by atoms with van der Waals surface area (Å²) >= 11 is 0. The molecule has 1 amide bonds. The second-order valence-electron chi connectivity index (χ2n) is 7.51. The number of aliphatic hydroxyl groups excluding tert-OH is 1. The Bertz CT molecular complexity index is 541. The van der Waals surface area contributed by atoms with Crippen LogP contribution in [0.5, 0.6) is 0 Å². The Balaban J connectivity index is 1.42. The van der Waals surface area contributed by atoms with Gasteiger partial charge in [0.05, 0.1) is 6.10 Å². The molecule has 1 saturated heterocycles. The maximum absolute atomic E-state index is 12.7. The number of hydrogen-bond acceptors (Lipinski definition) is 4. The van der Waals surface area contributed by atoms with Crippen LogP contribution in [0, 0.1) is 5.92 Å². The van der Waals surface area contributed by atoms with Crippen molar-refractivity contribution in [2.24, 2.45) is 11.7 Å². The number of aryl methyl sites for hydroxylation is 1. The quantitative estimate of drug-likeness (QED) is 0.843. The molecular formula is C20H31N3O2. The normalized spacial score (nSPS) is 28.1. The maximum Gasteiger partial charge on any atom is 0.225 e. The highest BCUT2D eigenvalue weighted by Gasteiger charge is 2.37. The van der Waals surface area contributed by atoms with Gasteiger partial charge in [0.15, 0.2) is 0 Å². The minimum Gasteiger partial charge on any atom is -0.391 e. The zero-order valence-electron chi connectivity index (χ0n) is 15.0. The van der Waals surface area contributed by atoms with Crippen LogP contribution in [0.1, 0.15) is 31.2 Å². The minimum absolute atomic E-state index is 0.0883. The van der Waals surface area contributed by atoms with Crippen LogP contribution in [0.3, 0.4) is 0 Å². The van der Waals surface area contributed by atoms with E-state index in [1.807, 2.05) is 4.90 Å². The number of aliphatic hydroxyl groups is 1. The lowest BCUT2D eigenvalue weighted by molar-refractivity contribution is -0.135. The molecule has 25 heavy (non-hydrogen) atoms. The van der Waals surface area contributed by atoms with Gasteiger partial charge in [-0.05, 0) is 50.8 Å². The van der Waals surface area contributed by atoms with Gasteiger partial charge < -0.3 is 20.6 Å². The highest BCUT2D eigenvalue weighted by atomic mass is 16.3. The number of rotatable bonds is 5. The molecule has 0 radical (unpaired) electrons. The van der Waals surface area contributed by atoms with Crippen LogP contribution in [0.4, 0.5) is 0 Å². The van der Waals surface area contributed by atoms with Crippen molar-refractivity contribution in [2.45, 2.75) is 44.2 Å². The molecule has 0 unspecified atom stereocenters. The lowest BCUT2D eigenvalue weighted by Crippen LogP contribution is -2.38. The van der Waals surface area contributed by atoms with Gasteiger partial charge in [0.1, 0.15) is 0 Å². The summed E-state index contributed by atoms with van der Waals surface area (Å²) in [5, 5.41) is 9.80. The summed E-state index contributed by atoms with van der Waals surface area (Å²) in [4.78, 5) is 17.2. The van der Waals surface area contributed by atoms with Gasteiger partial charge >= 0.3 is 0 Å². The average Bonchev–Trinajstić information content (AvgIpc) is 2.83. The molecule has 3 N–H and O–H groups in total. The van der Waals surface area contributed by atoms with Gasteiger partial charge in [0.2, 0.25) is 5.91 Å². The van der Waals surface area contributed by atoms with Gasteiger partial charge in [-0.25, -0.2) is 0 Å². The fourth-order valence-corrected chi connectivity index (χ4v) is 4.07. The molecule has 5 heteroatoms. The number of benzene rings is 1. The third kappa shape index (κ3) is 5.03. The van der Waals surface area contributed by atoms with Crippen LogP contribution in [-0.2, 0) is 11.2 Å². The fraction of sp³-hybridized carbons (Fsp3) is 0.650. The Hall–Kier alpha value is -1.43. The molecular weight excluding hydrogens is 314 g/mol. The summed E-state index contributed by atoms with van der Waals surface area (Å²) < 4.78 is 0. The number of amides is 1. The molecule has 138 valence electrons. The second-order valence-corrected chi connectivity index (χ2v) is 7.51. The molecule has 5 nitrogen and oxygen atoms in total. The fourth-order valence-electron chi connectivity index (χ4n) is 4.07. The maximum atomic E-state index is 12.7. The van der Waals surface area contributed by atoms with E-state index in [2.05, 4.69) is 35.2 Å². The van der Waals surface area contributed by atoms with E-state index in [-0.39, 0.29) is 17.9 Å². The zero-order valence-corrected chi connectivity index (χ0v) is 15.0. The Kier molecular flexibility index (Phi) is 6.45. The molecule has 1 saturated carbocycles. The topological polar surface area (TPSA) is 69.8 Å². The predicted molar refractivity (Wildman–Crippen MR) is 99.1 cm³/mol. The van der Waals surface area contributed by atoms with E-state index in [0.717, 1.165) is 52.0 Å². The van der Waals surface area contributed by atoms with Crippen molar-refractivity contribution in [2.75, 3.05) is 32.7 Å². The molecule has 3 atom stereocenters. The SMILES string of the molecule is N[C@@H]1C[C@H](C(=O)N2CCCN(CCCc3ccccc3)CC2)C[C@H]1O. The van der Waals surface area contributed by atoms with E-state index in [9.17, 15) is 9.90 Å². The first-order valence-corrected chi connectivity index (χ1v) is 9.62. The van der Waals surface area contributed by atoms with Gasteiger partial charge in [-0.1, -0.05) is 30.3 Å². The highest BCUT2D eigenvalue weighted by Crippen LogP contribution is 2.27. The molecule has 0 spiro atoms. The molecule has 2 fully saturated rings. The summed E-state index contributed by atoms with van der Waals surface area (Å²) in [7, 11) is 0. The van der Waals surface area contributed by atoms with Crippen molar-refractivity contribution >= 4 is 5.91 Å². The third-order valence-electron chi connectivity index (χ3n) is 5.61. The van der Waals surface area contributed by atoms with Crippen LogP contribution in [0.15, 0.2) is 30.3 Å². The van der Waals surface area contributed by atoms with Gasteiger partial charge in [-0.3, -0.25) is 4.79 Å². The summed E-state index contributed by atoms with van der Waals surface area (Å²) in [6, 6.07) is 10.4. The van der Waals surface area contributed by atoms with Crippen molar-refractivity contribution < 1.29 is 9.90 Å². The Morgan fingerprint density at radius 1 is 1.12 bits per heavy atom. The van der Waals surface area contributed by atoms with Gasteiger partial charge in [-0.15, -0.1) is 0 Å². The molecule has 0 bridgehead atoms. The van der Waals surface area contributed by atoms with E-state index in [1.165, 1.54) is 5.56 Å². The average molecular weight is 345 g/mol. The number of nitrogens with two attached hydrogens (primary N) is 1. The Morgan fingerprint density at radius 3 is 2.64 bits per heavy atom. The monoisotopic (exact) mass is 345 g/mol. The molecule has 1 aliphatic heterocycles. The smallest absolute Gasteiger partial charge is 0.225 e. The van der Waals surface area contributed by atoms with E-state index >= 15 is 0 Å². The van der Waals surface area contributed by atoms with E-state index in [4.69, 9.17) is 5.73 Å². The number of hydrogen-bond donors (Lipinski definition) is 2. The van der Waals surface area contributed by atoms with Crippen molar-refractivity contribution in [3.63, 3.8) is 0 Å². The first-order chi connectivity index (χ1) is 12.1. The van der Waals surface area contributed by atoms with Crippen molar-refractivity contribution in [1.29, 1.82) is 0 Å². The number of nitrogens with zero attached hydrogens (tertiary/aromatic N) is 2. The lowest BCUT2D eigenvalue weighted by atomic mass is 10.1. The van der Waals surface area contributed by atoms with Crippen molar-refractivity contribution in [3.8, 4) is 0 Å². The van der Waals surface area contributed by atoms with E-state index in [0.29, 0.717) is 12.8 Å². The van der Waals surface area contributed by atoms with Crippen LogP contribution in [0.25, 0.3) is 0 Å². The first kappa shape index (κ1) is 18.4. The summed E-state index contributed by atoms with van der Waals surface area (Å²) in [6.45, 7) is 4.72. The predicted octanol–water partition coefficient (Wildman–Crippen LogP) is 1.25. The second kappa shape index (κ2) is 8.79. The van der Waals surface area contributed by atoms with Crippen LogP contribution in [0.2, 0.25) is 0 Å². The van der Waals surface area contributed by atoms with Crippen LogP contribution >= 0.6 is 0 Å². The zero-order chi connectivity index (χ0) is 17.6. The summed E-state index contributed by atoms with van der Waals surface area (Å²) in [5.74, 6) is 0.104. The lowest BCUT2D eigenvalue weighted by Gasteiger charge is -2.24. The van der Waals surface area contributed by atoms with E-state index < -0.39 is 6.10 Å². The van der Waals surface area contributed by atoms with Crippen molar-refractivity contribution in [1.82, 2.24) is 9.80 Å². The van der Waals surface area contributed by atoms with Gasteiger partial charge in [0, 0.05) is 31.6 Å². The summed E-state index contributed by atoms with van der Waals surface area (Å²) in [5.41, 5.74) is 7.26. The minimum atomic E-state index is -0.518. The Morgan fingerprint density at radius 2 is 1.92 bits per heavy atom. The van der Waals surface area contributed by atoms with E-state index in [1.54, 1.807) is 0 Å². The molecule has 1 heterocycles. The largest absolute Gasteiger partial charge is 0.391 e. The number of carbonyl (C=O) groups excluding carboxylic acids is 1. The first-order valence-electron chi connectivity index (χ1n) is 9.62.